The summed E-state index contributed by atoms with van der Waals surface area (Å²) in [6, 6.07) is 4.99. The van der Waals surface area contributed by atoms with E-state index in [2.05, 4.69) is 60.6 Å². The summed E-state index contributed by atoms with van der Waals surface area (Å²) in [5.74, 6) is 0.784. The third-order valence-corrected chi connectivity index (χ3v) is 4.38. The summed E-state index contributed by atoms with van der Waals surface area (Å²) in [6.07, 6.45) is 4.68. The van der Waals surface area contributed by atoms with E-state index in [1.165, 1.54) is 35.1 Å². The summed E-state index contributed by atoms with van der Waals surface area (Å²) in [7, 11) is 0. The van der Waals surface area contributed by atoms with Crippen molar-refractivity contribution in [2.45, 2.75) is 85.6 Å². The first-order valence-electron chi connectivity index (χ1n) is 8.47. The molecule has 120 valence electrons. The van der Waals surface area contributed by atoms with Gasteiger partial charge in [-0.25, -0.2) is 0 Å². The van der Waals surface area contributed by atoms with Gasteiger partial charge in [0, 0.05) is 6.04 Å². The van der Waals surface area contributed by atoms with E-state index in [4.69, 9.17) is 5.73 Å². The Bertz CT molecular complexity index is 428. The maximum absolute atomic E-state index is 6.35. The molecule has 21 heavy (non-hydrogen) atoms. The van der Waals surface area contributed by atoms with Gasteiger partial charge < -0.3 is 5.73 Å². The molecule has 0 spiro atoms. The molecule has 0 amide bonds. The van der Waals surface area contributed by atoms with E-state index < -0.39 is 0 Å². The third-order valence-electron chi connectivity index (χ3n) is 4.38. The zero-order valence-electron chi connectivity index (χ0n) is 15.2. The van der Waals surface area contributed by atoms with E-state index in [9.17, 15) is 0 Å². The Hall–Kier alpha value is -0.820. The summed E-state index contributed by atoms with van der Waals surface area (Å²) in [5, 5.41) is 0. The monoisotopic (exact) mass is 289 g/mol. The topological polar surface area (TPSA) is 26.0 Å². The van der Waals surface area contributed by atoms with E-state index >= 15 is 0 Å². The maximum Gasteiger partial charge on any atom is 0.00795 e. The van der Waals surface area contributed by atoms with E-state index in [-0.39, 0.29) is 5.41 Å². The van der Waals surface area contributed by atoms with Crippen LogP contribution in [-0.2, 0) is 11.8 Å². The van der Waals surface area contributed by atoms with Gasteiger partial charge in [0.15, 0.2) is 0 Å². The lowest BCUT2D eigenvalue weighted by Crippen LogP contribution is -2.24. The van der Waals surface area contributed by atoms with Gasteiger partial charge in [0.25, 0.3) is 0 Å². The quantitative estimate of drug-likeness (QED) is 0.756. The van der Waals surface area contributed by atoms with Crippen LogP contribution in [0, 0.1) is 19.8 Å². The van der Waals surface area contributed by atoms with Crippen molar-refractivity contribution in [3.63, 3.8) is 0 Å². The molecule has 0 saturated carbocycles. The van der Waals surface area contributed by atoms with Gasteiger partial charge in [-0.1, -0.05) is 59.6 Å². The van der Waals surface area contributed by atoms with Crippen molar-refractivity contribution >= 4 is 0 Å². The minimum Gasteiger partial charge on any atom is -0.327 e. The van der Waals surface area contributed by atoms with E-state index in [0.29, 0.717) is 6.04 Å². The van der Waals surface area contributed by atoms with E-state index in [0.717, 1.165) is 18.8 Å². The van der Waals surface area contributed by atoms with Crippen LogP contribution < -0.4 is 5.73 Å². The first-order valence-corrected chi connectivity index (χ1v) is 8.47. The molecule has 1 atom stereocenters. The Kier molecular flexibility index (Phi) is 6.46. The average Bonchev–Trinajstić information content (AvgIpc) is 2.31. The van der Waals surface area contributed by atoms with Gasteiger partial charge in [0.1, 0.15) is 0 Å². The van der Waals surface area contributed by atoms with E-state index in [1.54, 1.807) is 0 Å². The largest absolute Gasteiger partial charge is 0.327 e. The Labute approximate surface area is 132 Å². The van der Waals surface area contributed by atoms with Crippen molar-refractivity contribution in [2.75, 3.05) is 0 Å². The minimum absolute atomic E-state index is 0.216. The van der Waals surface area contributed by atoms with Crippen LogP contribution in [0.1, 0.15) is 76.1 Å². The maximum atomic E-state index is 6.35. The van der Waals surface area contributed by atoms with Crippen molar-refractivity contribution in [1.82, 2.24) is 0 Å². The van der Waals surface area contributed by atoms with Crippen molar-refractivity contribution in [3.8, 4) is 0 Å². The SMILES string of the molecule is Cc1cc(C(C)(C)C)cc(C)c1CC(N)CCCC(C)C. The predicted molar refractivity (Wildman–Crippen MR) is 95.0 cm³/mol. The van der Waals surface area contributed by atoms with E-state index in [1.807, 2.05) is 0 Å². The molecular weight excluding hydrogens is 254 g/mol. The highest BCUT2D eigenvalue weighted by atomic mass is 14.6. The van der Waals surface area contributed by atoms with Gasteiger partial charge in [-0.3, -0.25) is 0 Å². The zero-order chi connectivity index (χ0) is 16.2. The highest BCUT2D eigenvalue weighted by Gasteiger charge is 2.17. The molecule has 1 heteroatoms. The third kappa shape index (κ3) is 5.82. The molecule has 0 heterocycles. The van der Waals surface area contributed by atoms with Crippen molar-refractivity contribution in [3.05, 3.63) is 34.4 Å². The molecule has 0 bridgehead atoms. The first-order chi connectivity index (χ1) is 9.61. The van der Waals surface area contributed by atoms with Crippen molar-refractivity contribution in [1.29, 1.82) is 0 Å². The molecule has 0 aromatic heterocycles. The van der Waals surface area contributed by atoms with Gasteiger partial charge >= 0.3 is 0 Å². The highest BCUT2D eigenvalue weighted by Crippen LogP contribution is 2.27. The minimum atomic E-state index is 0.216. The van der Waals surface area contributed by atoms with Crippen molar-refractivity contribution in [2.24, 2.45) is 11.7 Å². The number of aryl methyl sites for hydroxylation is 2. The fourth-order valence-corrected chi connectivity index (χ4v) is 2.90. The fourth-order valence-electron chi connectivity index (χ4n) is 2.90. The van der Waals surface area contributed by atoms with Gasteiger partial charge in [-0.05, 0) is 60.3 Å². The molecule has 0 fully saturated rings. The standard InChI is InChI=1S/C20H35N/c1-14(2)9-8-10-18(21)13-19-15(3)11-17(12-16(19)4)20(5,6)7/h11-12,14,18H,8-10,13,21H2,1-7H3. The Morgan fingerprint density at radius 3 is 1.95 bits per heavy atom. The number of rotatable bonds is 6. The van der Waals surface area contributed by atoms with Gasteiger partial charge in [0.05, 0.1) is 0 Å². The molecule has 1 nitrogen and oxygen atoms in total. The molecule has 1 aromatic carbocycles. The van der Waals surface area contributed by atoms with Crippen molar-refractivity contribution < 1.29 is 0 Å². The van der Waals surface area contributed by atoms with Crippen LogP contribution in [0.25, 0.3) is 0 Å². The van der Waals surface area contributed by atoms with Crippen LogP contribution in [0.15, 0.2) is 12.1 Å². The molecule has 0 aliphatic carbocycles. The number of hydrogen-bond acceptors (Lipinski definition) is 1. The number of benzene rings is 1. The summed E-state index contributed by atoms with van der Waals surface area (Å²) >= 11 is 0. The van der Waals surface area contributed by atoms with Crippen LogP contribution >= 0.6 is 0 Å². The van der Waals surface area contributed by atoms with Crippen LogP contribution in [0.2, 0.25) is 0 Å². The van der Waals surface area contributed by atoms with Gasteiger partial charge in [0.2, 0.25) is 0 Å². The zero-order valence-corrected chi connectivity index (χ0v) is 15.2. The molecule has 0 saturated heterocycles. The van der Waals surface area contributed by atoms with Crippen LogP contribution in [0.4, 0.5) is 0 Å². The smallest absolute Gasteiger partial charge is 0.00795 e. The molecule has 2 N–H and O–H groups in total. The summed E-state index contributed by atoms with van der Waals surface area (Å²) < 4.78 is 0. The highest BCUT2D eigenvalue weighted by molar-refractivity contribution is 5.40. The summed E-state index contributed by atoms with van der Waals surface area (Å²) in [5.41, 5.74) is 12.3. The Morgan fingerprint density at radius 2 is 1.52 bits per heavy atom. The number of nitrogens with two attached hydrogens (primary N) is 1. The second-order valence-corrected chi connectivity index (χ2v) is 8.13. The molecule has 0 aliphatic rings. The molecule has 0 radical (unpaired) electrons. The second kappa shape index (κ2) is 7.45. The molecule has 1 unspecified atom stereocenters. The summed E-state index contributed by atoms with van der Waals surface area (Å²) in [4.78, 5) is 0. The molecule has 0 aliphatic heterocycles. The molecular formula is C20H35N. The Morgan fingerprint density at radius 1 is 1.00 bits per heavy atom. The lowest BCUT2D eigenvalue weighted by Gasteiger charge is -2.23. The predicted octanol–water partition coefficient (Wildman–Crippen LogP) is 5.30. The molecule has 1 aromatic rings. The fraction of sp³-hybridized carbons (Fsp3) is 0.700. The first kappa shape index (κ1) is 18.2. The van der Waals surface area contributed by atoms with Crippen LogP contribution in [0.5, 0.6) is 0 Å². The normalized spacial score (nSPS) is 13.8. The van der Waals surface area contributed by atoms with Gasteiger partial charge in [-0.2, -0.15) is 0 Å². The number of hydrogen-bond donors (Lipinski definition) is 1. The van der Waals surface area contributed by atoms with Gasteiger partial charge in [-0.15, -0.1) is 0 Å². The molecule has 1 rings (SSSR count). The average molecular weight is 290 g/mol. The lowest BCUT2D eigenvalue weighted by atomic mass is 9.82. The lowest BCUT2D eigenvalue weighted by molar-refractivity contribution is 0.495. The Balaban J connectivity index is 2.76. The second-order valence-electron chi connectivity index (χ2n) is 8.13. The van der Waals surface area contributed by atoms with Crippen LogP contribution in [0.3, 0.4) is 0 Å². The summed E-state index contributed by atoms with van der Waals surface area (Å²) in [6.45, 7) is 15.9. The van der Waals surface area contributed by atoms with Crippen LogP contribution in [-0.4, -0.2) is 6.04 Å².